The lowest BCUT2D eigenvalue weighted by molar-refractivity contribution is -0.143. The molecular weight excluding hydrogens is 671 g/mol. The number of likely N-dealkylation sites (tertiary alicyclic amines) is 1. The number of benzene rings is 1. The molecule has 13 heteroatoms. The highest BCUT2D eigenvalue weighted by Gasteiger charge is 2.38. The number of carboxylic acid groups (broad SMARTS) is 1. The predicted octanol–water partition coefficient (Wildman–Crippen LogP) is 4.38. The number of ether oxygens (including phenoxy) is 1. The molecule has 7 atom stereocenters. The van der Waals surface area contributed by atoms with Gasteiger partial charge >= 0.3 is 5.97 Å². The van der Waals surface area contributed by atoms with Gasteiger partial charge in [-0.2, -0.15) is 0 Å². The molecule has 0 spiro atoms. The highest BCUT2D eigenvalue weighted by atomic mass is 32.1. The lowest BCUT2D eigenvalue weighted by Gasteiger charge is -2.39. The summed E-state index contributed by atoms with van der Waals surface area (Å²) in [6, 6.07) is 5.74. The Morgan fingerprint density at radius 1 is 1.14 bits per heavy atom. The molecule has 1 aromatic heterocycles. The Kier molecular flexibility index (Phi) is 15.0. The Morgan fingerprint density at radius 2 is 1.88 bits per heavy atom. The Hall–Kier alpha value is -3.39. The fourth-order valence-corrected chi connectivity index (χ4v) is 8.16. The van der Waals surface area contributed by atoms with Crippen LogP contribution in [0.5, 0.6) is 0 Å². The number of methoxy groups -OCH3 is 1. The van der Waals surface area contributed by atoms with Crippen LogP contribution in [0.3, 0.4) is 0 Å². The molecule has 0 bridgehead atoms. The third kappa shape index (κ3) is 10.4. The van der Waals surface area contributed by atoms with Gasteiger partial charge in [0.1, 0.15) is 22.8 Å². The van der Waals surface area contributed by atoms with Crippen molar-refractivity contribution < 1.29 is 34.1 Å². The molecule has 4 rings (SSSR count). The Balaban J connectivity index is 1.47. The molecule has 2 aliphatic rings. The molecular formula is C38H57N5O7S. The summed E-state index contributed by atoms with van der Waals surface area (Å²) in [5.74, 6) is -2.57. The van der Waals surface area contributed by atoms with Gasteiger partial charge < -0.3 is 30.5 Å². The van der Waals surface area contributed by atoms with Crippen LogP contribution in [0.25, 0.3) is 0 Å². The van der Waals surface area contributed by atoms with Crippen LogP contribution < -0.4 is 10.6 Å². The maximum atomic E-state index is 14.4. The Morgan fingerprint density at radius 3 is 2.55 bits per heavy atom. The van der Waals surface area contributed by atoms with Gasteiger partial charge in [-0.25, -0.2) is 4.98 Å². The first-order chi connectivity index (χ1) is 24.4. The smallest absolute Gasteiger partial charge is 0.311 e. The molecule has 1 aromatic carbocycles. The number of piperidine rings is 1. The molecule has 2 aromatic rings. The number of carbonyl (C=O) groups excluding carboxylic acids is 3. The summed E-state index contributed by atoms with van der Waals surface area (Å²) in [7, 11) is 3.52. The van der Waals surface area contributed by atoms with Crippen molar-refractivity contribution in [3.63, 3.8) is 0 Å². The Labute approximate surface area is 306 Å². The molecule has 3 amide bonds. The van der Waals surface area contributed by atoms with Crippen molar-refractivity contribution >= 4 is 35.0 Å². The third-order valence-electron chi connectivity index (χ3n) is 10.7. The van der Waals surface area contributed by atoms with E-state index in [1.54, 1.807) is 17.4 Å². The number of fused-ring (bicyclic) bond motifs is 1. The molecule has 282 valence electrons. The quantitative estimate of drug-likeness (QED) is 0.184. The minimum Gasteiger partial charge on any atom is -0.481 e. The molecule has 1 saturated heterocycles. The number of nitrogens with zero attached hydrogens (tertiary/aromatic N) is 3. The third-order valence-corrected chi connectivity index (χ3v) is 11.6. The first kappa shape index (κ1) is 40.4. The maximum Gasteiger partial charge on any atom is 0.311 e. The molecule has 0 saturated carbocycles. The highest BCUT2D eigenvalue weighted by Crippen LogP contribution is 2.32. The zero-order valence-corrected chi connectivity index (χ0v) is 31.8. The number of thiazole rings is 1. The second kappa shape index (κ2) is 18.9. The van der Waals surface area contributed by atoms with E-state index in [9.17, 15) is 29.4 Å². The van der Waals surface area contributed by atoms with Gasteiger partial charge in [0.05, 0.1) is 18.6 Å². The van der Waals surface area contributed by atoms with Crippen LogP contribution in [-0.2, 0) is 25.5 Å². The fraction of sp³-hybridized carbons (Fsp3) is 0.658. The summed E-state index contributed by atoms with van der Waals surface area (Å²) in [4.78, 5) is 61.7. The zero-order chi connectivity index (χ0) is 37.2. The number of carboxylic acids is 1. The summed E-state index contributed by atoms with van der Waals surface area (Å²) < 4.78 is 5.40. The van der Waals surface area contributed by atoms with E-state index >= 15 is 0 Å². The Bertz CT molecular complexity index is 1480. The van der Waals surface area contributed by atoms with Crippen LogP contribution in [-0.4, -0.2) is 107 Å². The monoisotopic (exact) mass is 727 g/mol. The average Bonchev–Trinajstić information content (AvgIpc) is 3.54. The van der Waals surface area contributed by atoms with Crippen molar-refractivity contribution in [3.05, 3.63) is 51.5 Å². The van der Waals surface area contributed by atoms with Gasteiger partial charge in [-0.15, -0.1) is 11.3 Å². The van der Waals surface area contributed by atoms with Gasteiger partial charge in [0, 0.05) is 37.5 Å². The van der Waals surface area contributed by atoms with E-state index in [4.69, 9.17) is 4.74 Å². The van der Waals surface area contributed by atoms with Crippen molar-refractivity contribution in [1.82, 2.24) is 25.4 Å². The van der Waals surface area contributed by atoms with Crippen LogP contribution in [0, 0.1) is 11.8 Å². The molecule has 0 unspecified atom stereocenters. The van der Waals surface area contributed by atoms with E-state index in [-0.39, 0.29) is 67.4 Å². The van der Waals surface area contributed by atoms with Crippen LogP contribution in [0.15, 0.2) is 29.6 Å². The van der Waals surface area contributed by atoms with Crippen molar-refractivity contribution in [1.29, 1.82) is 0 Å². The number of nitrogens with one attached hydrogen (secondary N) is 2. The van der Waals surface area contributed by atoms with E-state index in [1.165, 1.54) is 11.3 Å². The van der Waals surface area contributed by atoms with Crippen LogP contribution in [0.2, 0.25) is 0 Å². The lowest BCUT2D eigenvalue weighted by Crippen LogP contribution is -2.59. The maximum absolute atomic E-state index is 14.4. The van der Waals surface area contributed by atoms with Crippen LogP contribution in [0.1, 0.15) is 111 Å². The highest BCUT2D eigenvalue weighted by molar-refractivity contribution is 7.09. The van der Waals surface area contributed by atoms with Gasteiger partial charge in [-0.05, 0) is 68.7 Å². The number of aliphatic carboxylic acids is 1. The van der Waals surface area contributed by atoms with Crippen LogP contribution >= 0.6 is 11.3 Å². The number of amides is 3. The number of carbonyl (C=O) groups is 4. The first-order valence-electron chi connectivity index (χ1n) is 18.4. The molecule has 1 fully saturated rings. The van der Waals surface area contributed by atoms with Crippen molar-refractivity contribution in [2.24, 2.45) is 11.8 Å². The molecule has 2 heterocycles. The summed E-state index contributed by atoms with van der Waals surface area (Å²) >= 11 is 1.17. The summed E-state index contributed by atoms with van der Waals surface area (Å²) in [6.45, 7) is 9.37. The largest absolute Gasteiger partial charge is 0.481 e. The van der Waals surface area contributed by atoms with E-state index < -0.39 is 36.0 Å². The number of hydrogen-bond acceptors (Lipinski definition) is 9. The number of rotatable bonds is 16. The second-order valence-corrected chi connectivity index (χ2v) is 15.4. The van der Waals surface area contributed by atoms with Gasteiger partial charge in [-0.3, -0.25) is 24.1 Å². The zero-order valence-electron chi connectivity index (χ0n) is 31.0. The van der Waals surface area contributed by atoms with Gasteiger partial charge in [0.25, 0.3) is 5.91 Å². The van der Waals surface area contributed by atoms with Crippen molar-refractivity contribution in [3.8, 4) is 0 Å². The summed E-state index contributed by atoms with van der Waals surface area (Å²) in [6.07, 6.45) is 4.11. The minimum atomic E-state index is -1.06. The normalized spacial score (nSPS) is 21.8. The predicted molar refractivity (Wildman–Crippen MR) is 197 cm³/mol. The molecule has 4 N–H and O–H groups in total. The molecule has 0 radical (unpaired) electrons. The lowest BCUT2D eigenvalue weighted by atomic mass is 9.92. The number of aliphatic hydroxyl groups is 1. The number of aryl methyl sites for hydroxylation is 1. The van der Waals surface area contributed by atoms with E-state index in [1.807, 2.05) is 59.0 Å². The second-order valence-electron chi connectivity index (χ2n) is 14.6. The number of aliphatic hydroxyl groups excluding tert-OH is 1. The van der Waals surface area contributed by atoms with Gasteiger partial charge in [0.2, 0.25) is 11.8 Å². The van der Waals surface area contributed by atoms with Gasteiger partial charge in [0.15, 0.2) is 0 Å². The van der Waals surface area contributed by atoms with E-state index in [2.05, 4.69) is 20.5 Å². The topological polar surface area (TPSA) is 161 Å². The molecule has 1 aliphatic heterocycles. The standard InChI is InChI=1S/C38H57N5O7S/c1-7-24(4)33(41-35(46)30-14-10-11-17-42(30)5)37(47)43(18-19-50-6)31(23(2)3)21-32(44)36-40-29(22-51-36)34(45)39-26-16-15-25-12-8-9-13-27(25)28(20-26)38(48)49/h8-9,12-13,22-24,26,28,30-33,44H,7,10-11,14-21H2,1-6H3,(H,39,45)(H,41,46)(H,48,49)/t24-,26-,28+,30+,31+,32+,33-/m0/s1. The van der Waals surface area contributed by atoms with Gasteiger partial charge in [-0.1, -0.05) is 64.8 Å². The van der Waals surface area contributed by atoms with E-state index in [0.717, 1.165) is 36.9 Å². The molecule has 1 aliphatic carbocycles. The SMILES string of the molecule is CC[C@H](C)[C@H](NC(=O)[C@H]1CCCCN1C)C(=O)N(CCOC)[C@H](C[C@@H](O)c1nc(C(=O)N[C@H]2CCc3ccccc3[C@H](C(=O)O)C2)cs1)C(C)C. The average molecular weight is 728 g/mol. The van der Waals surface area contributed by atoms with E-state index in [0.29, 0.717) is 24.3 Å². The number of likely N-dealkylation sites (N-methyl/N-ethyl adjacent to an activating group) is 1. The first-order valence-corrected chi connectivity index (χ1v) is 19.3. The van der Waals surface area contributed by atoms with Crippen molar-refractivity contribution in [2.45, 2.75) is 115 Å². The van der Waals surface area contributed by atoms with Crippen LogP contribution in [0.4, 0.5) is 0 Å². The summed E-state index contributed by atoms with van der Waals surface area (Å²) in [5.41, 5.74) is 1.92. The fourth-order valence-electron chi connectivity index (χ4n) is 7.37. The molecule has 51 heavy (non-hydrogen) atoms. The van der Waals surface area contributed by atoms with Crippen molar-refractivity contribution in [2.75, 3.05) is 33.9 Å². The molecule has 12 nitrogen and oxygen atoms in total. The number of hydrogen-bond donors (Lipinski definition) is 4. The summed E-state index contributed by atoms with van der Waals surface area (Å²) in [5, 5.41) is 29.5. The minimum absolute atomic E-state index is 0.0533. The number of aromatic nitrogens is 1.